The number of ether oxygens (including phenoxy) is 1. The van der Waals surface area contributed by atoms with Crippen LogP contribution in [0, 0.1) is 6.92 Å². The number of hydrogen-bond acceptors (Lipinski definition) is 4. The van der Waals surface area contributed by atoms with Crippen LogP contribution in [0.2, 0.25) is 0 Å². The average Bonchev–Trinajstić information content (AvgIpc) is 2.02. The van der Waals surface area contributed by atoms with Gasteiger partial charge in [-0.05, 0) is 6.42 Å². The van der Waals surface area contributed by atoms with Crippen molar-refractivity contribution in [3.05, 3.63) is 19.3 Å². The zero-order valence-electron chi connectivity index (χ0n) is 9.49. The predicted octanol–water partition coefficient (Wildman–Crippen LogP) is -1.07. The summed E-state index contributed by atoms with van der Waals surface area (Å²) in [6, 6.07) is 0. The summed E-state index contributed by atoms with van der Waals surface area (Å²) < 4.78 is 30.4. The summed E-state index contributed by atoms with van der Waals surface area (Å²) in [6.07, 6.45) is 4.95. The van der Waals surface area contributed by atoms with Crippen molar-refractivity contribution in [3.63, 3.8) is 0 Å². The molecule has 0 atom stereocenters. The Balaban J connectivity index is -0.000000249. The summed E-state index contributed by atoms with van der Waals surface area (Å²) in [6.45, 7) is 10.1. The van der Waals surface area contributed by atoms with Crippen LogP contribution in [-0.2, 0) is 15.3 Å². The predicted molar refractivity (Wildman–Crippen MR) is 54.3 cm³/mol. The van der Waals surface area contributed by atoms with E-state index in [0.717, 1.165) is 13.0 Å². The molecule has 0 aromatic heterocycles. The van der Waals surface area contributed by atoms with E-state index < -0.39 is 10.6 Å². The van der Waals surface area contributed by atoms with Crippen molar-refractivity contribution in [1.82, 2.24) is 0 Å². The van der Waals surface area contributed by atoms with Crippen LogP contribution in [0.4, 0.5) is 0 Å². The van der Waals surface area contributed by atoms with Crippen molar-refractivity contribution in [2.75, 3.05) is 6.61 Å². The van der Waals surface area contributed by atoms with Crippen LogP contribution in [0.15, 0.2) is 12.3 Å². The maximum Gasteiger partial charge on any atom is 1.00 e. The number of unbranched alkanes of at least 4 members (excludes halogenated alkanes) is 3. The third kappa shape index (κ3) is 41.1. The Kier molecular flexibility index (Phi) is 22.4. The first kappa shape index (κ1) is 20.4. The van der Waals surface area contributed by atoms with Gasteiger partial charge < -0.3 is 4.74 Å². The summed E-state index contributed by atoms with van der Waals surface area (Å²) in [5, 5.41) is 0. The van der Waals surface area contributed by atoms with Crippen molar-refractivity contribution in [2.24, 2.45) is 0 Å². The van der Waals surface area contributed by atoms with Gasteiger partial charge in [-0.3, -0.25) is 0 Å². The van der Waals surface area contributed by atoms with E-state index in [2.05, 4.69) is 20.4 Å². The van der Waals surface area contributed by atoms with Crippen molar-refractivity contribution in [2.45, 2.75) is 32.6 Å². The minimum atomic E-state index is -3.11. The minimum Gasteiger partial charge on any atom is -0.532 e. The van der Waals surface area contributed by atoms with Crippen molar-refractivity contribution >= 4 is 10.6 Å². The molecule has 0 aromatic rings. The normalized spacial score (nSPS) is 7.80. The molecule has 6 heteroatoms. The average molecular weight is 244 g/mol. The molecule has 0 bridgehead atoms. The van der Waals surface area contributed by atoms with Crippen LogP contribution >= 0.6 is 0 Å². The van der Waals surface area contributed by atoms with Gasteiger partial charge in [-0.1, -0.05) is 31.9 Å². The van der Waals surface area contributed by atoms with Gasteiger partial charge in [0, 0.05) is 0 Å². The summed E-state index contributed by atoms with van der Waals surface area (Å²) in [5.41, 5.74) is 0. The fourth-order valence-corrected chi connectivity index (χ4v) is 0.745. The SMILES string of the molecule is C=C([CH2-])OCCCCCC.O=S(=O)=O.[Na+]. The third-order valence-corrected chi connectivity index (χ3v) is 1.30. The molecule has 15 heavy (non-hydrogen) atoms. The molecule has 0 unspecified atom stereocenters. The van der Waals surface area contributed by atoms with Crippen LogP contribution < -0.4 is 29.6 Å². The van der Waals surface area contributed by atoms with Gasteiger partial charge in [0.15, 0.2) is 0 Å². The summed E-state index contributed by atoms with van der Waals surface area (Å²) in [7, 11) is -3.11. The standard InChI is InChI=1S/C9H17O.Na.O3S/c1-4-5-6-7-8-10-9(2)3;;1-4(2)3/h2-8H2,1H3;;/q-1;+1;. The molecule has 0 aromatic carbocycles. The molecular weight excluding hydrogens is 227 g/mol. The fourth-order valence-electron chi connectivity index (χ4n) is 0.745. The molecule has 0 heterocycles. The van der Waals surface area contributed by atoms with E-state index in [1.165, 1.54) is 19.3 Å². The third-order valence-electron chi connectivity index (χ3n) is 1.30. The molecule has 0 aliphatic rings. The van der Waals surface area contributed by atoms with E-state index in [4.69, 9.17) is 17.4 Å². The zero-order chi connectivity index (χ0) is 11.4. The number of hydrogen-bond donors (Lipinski definition) is 0. The molecule has 84 valence electrons. The first-order valence-electron chi connectivity index (χ1n) is 4.41. The molecule has 0 aliphatic carbocycles. The van der Waals surface area contributed by atoms with Crippen LogP contribution in [0.25, 0.3) is 0 Å². The van der Waals surface area contributed by atoms with Crippen molar-refractivity contribution in [3.8, 4) is 0 Å². The Hall–Kier alpha value is 0.0300. The fraction of sp³-hybridized carbons (Fsp3) is 0.667. The van der Waals surface area contributed by atoms with Crippen molar-refractivity contribution in [1.29, 1.82) is 0 Å². The molecule has 0 N–H and O–H groups in total. The van der Waals surface area contributed by atoms with Gasteiger partial charge in [0.05, 0.1) is 6.61 Å². The van der Waals surface area contributed by atoms with Crippen LogP contribution in [0.5, 0.6) is 0 Å². The molecule has 0 saturated carbocycles. The maximum absolute atomic E-state index is 8.44. The second-order valence-electron chi connectivity index (χ2n) is 2.65. The monoisotopic (exact) mass is 244 g/mol. The summed E-state index contributed by atoms with van der Waals surface area (Å²) in [4.78, 5) is 0. The Morgan fingerprint density at radius 3 is 2.07 bits per heavy atom. The molecular formula is C9H17NaO4S. The molecule has 0 aliphatic heterocycles. The van der Waals surface area contributed by atoms with Gasteiger partial charge in [0.2, 0.25) is 0 Å². The topological polar surface area (TPSA) is 60.4 Å². The van der Waals surface area contributed by atoms with Gasteiger partial charge in [-0.15, -0.1) is 12.6 Å². The molecule has 0 fully saturated rings. The summed E-state index contributed by atoms with van der Waals surface area (Å²) >= 11 is 0. The van der Waals surface area contributed by atoms with Gasteiger partial charge in [0.25, 0.3) is 0 Å². The zero-order valence-corrected chi connectivity index (χ0v) is 12.3. The molecule has 0 spiro atoms. The van der Waals surface area contributed by atoms with Crippen LogP contribution in [0.1, 0.15) is 32.6 Å². The van der Waals surface area contributed by atoms with E-state index in [-0.39, 0.29) is 29.6 Å². The molecule has 0 saturated heterocycles. The Bertz CT molecular complexity index is 227. The molecule has 0 radical (unpaired) electrons. The molecule has 4 nitrogen and oxygen atoms in total. The Morgan fingerprint density at radius 2 is 1.73 bits per heavy atom. The van der Waals surface area contributed by atoms with E-state index in [1.807, 2.05) is 0 Å². The van der Waals surface area contributed by atoms with Crippen LogP contribution in [0.3, 0.4) is 0 Å². The first-order valence-corrected chi connectivity index (χ1v) is 5.41. The van der Waals surface area contributed by atoms with Gasteiger partial charge in [0.1, 0.15) is 0 Å². The molecule has 0 rings (SSSR count). The quantitative estimate of drug-likeness (QED) is 0.258. The van der Waals surface area contributed by atoms with E-state index in [1.54, 1.807) is 0 Å². The molecule has 0 amide bonds. The van der Waals surface area contributed by atoms with Gasteiger partial charge in [-0.2, -0.15) is 0 Å². The Labute approximate surface area is 115 Å². The van der Waals surface area contributed by atoms with Crippen LogP contribution in [-0.4, -0.2) is 19.2 Å². The smallest absolute Gasteiger partial charge is 0.532 e. The second kappa shape index (κ2) is 16.5. The van der Waals surface area contributed by atoms with Gasteiger partial charge in [-0.25, -0.2) is 13.5 Å². The number of allylic oxidation sites excluding steroid dienone is 1. The Morgan fingerprint density at radius 1 is 1.27 bits per heavy atom. The van der Waals surface area contributed by atoms with Gasteiger partial charge >= 0.3 is 40.2 Å². The largest absolute Gasteiger partial charge is 1.00 e. The second-order valence-corrected chi connectivity index (χ2v) is 3.06. The van der Waals surface area contributed by atoms with E-state index in [0.29, 0.717) is 5.76 Å². The maximum atomic E-state index is 8.44. The van der Waals surface area contributed by atoms with E-state index >= 15 is 0 Å². The number of rotatable bonds is 6. The minimum absolute atomic E-state index is 0. The summed E-state index contributed by atoms with van der Waals surface area (Å²) in [5.74, 6) is 0.580. The van der Waals surface area contributed by atoms with Crippen molar-refractivity contribution < 1.29 is 46.9 Å². The van der Waals surface area contributed by atoms with E-state index in [9.17, 15) is 0 Å². The first-order chi connectivity index (χ1) is 6.50.